The third-order valence-corrected chi connectivity index (χ3v) is 3.69. The van der Waals surface area contributed by atoms with Crippen molar-refractivity contribution in [3.05, 3.63) is 35.4 Å². The van der Waals surface area contributed by atoms with Crippen LogP contribution in [-0.4, -0.2) is 15.2 Å². The molecule has 0 atom stereocenters. The number of hydrogen-bond donors (Lipinski definition) is 0. The summed E-state index contributed by atoms with van der Waals surface area (Å²) < 4.78 is 2.15. The quantitative estimate of drug-likeness (QED) is 0.740. The Labute approximate surface area is 100 Å². The number of carbonyl (C=O) groups is 1. The van der Waals surface area contributed by atoms with Gasteiger partial charge in [0.2, 0.25) is 0 Å². The molecule has 0 saturated heterocycles. The fourth-order valence-corrected chi connectivity index (χ4v) is 2.53. The maximum absolute atomic E-state index is 11.6. The van der Waals surface area contributed by atoms with Gasteiger partial charge in [0.15, 0.2) is 5.78 Å². The molecular formula is C14H16N2O. The second kappa shape index (κ2) is 3.69. The number of nitrogens with zero attached hydrogens (tertiary/aromatic N) is 2. The lowest BCUT2D eigenvalue weighted by molar-refractivity contribution is 0.101. The number of hydrogen-bond acceptors (Lipinski definition) is 2. The van der Waals surface area contributed by atoms with E-state index >= 15 is 0 Å². The second-order valence-corrected chi connectivity index (χ2v) is 4.89. The van der Waals surface area contributed by atoms with Gasteiger partial charge in [-0.1, -0.05) is 12.5 Å². The molecule has 2 aromatic heterocycles. The maximum Gasteiger partial charge on any atom is 0.180 e. The molecular weight excluding hydrogens is 212 g/mol. The molecule has 0 amide bonds. The molecule has 0 spiro atoms. The van der Waals surface area contributed by atoms with Crippen LogP contribution in [-0.2, 0) is 0 Å². The van der Waals surface area contributed by atoms with E-state index in [1.165, 1.54) is 19.3 Å². The van der Waals surface area contributed by atoms with Crippen molar-refractivity contribution < 1.29 is 4.79 Å². The Bertz CT molecular complexity index is 594. The van der Waals surface area contributed by atoms with Crippen molar-refractivity contribution in [2.24, 2.45) is 0 Å². The standard InChI is InChI=1S/C14H16N2O/c1-9-5-3-8-12-13(10(2)17)15-14(16(9)12)11-6-4-7-11/h3,5,8,11H,4,6-7H2,1-2H3. The highest BCUT2D eigenvalue weighted by Crippen LogP contribution is 2.36. The van der Waals surface area contributed by atoms with Gasteiger partial charge < -0.3 is 4.40 Å². The normalized spacial score (nSPS) is 16.1. The van der Waals surface area contributed by atoms with Crippen molar-refractivity contribution >= 4 is 11.3 Å². The van der Waals surface area contributed by atoms with Crippen LogP contribution in [0.5, 0.6) is 0 Å². The van der Waals surface area contributed by atoms with E-state index in [-0.39, 0.29) is 5.78 Å². The highest BCUT2D eigenvalue weighted by Gasteiger charge is 2.26. The molecule has 0 unspecified atom stereocenters. The number of imidazole rings is 1. The number of aromatic nitrogens is 2. The van der Waals surface area contributed by atoms with Crippen LogP contribution in [0.25, 0.3) is 5.52 Å². The first kappa shape index (κ1) is 10.5. The van der Waals surface area contributed by atoms with Crippen LogP contribution in [0.2, 0.25) is 0 Å². The largest absolute Gasteiger partial charge is 0.300 e. The molecule has 3 heteroatoms. The molecule has 0 radical (unpaired) electrons. The Hall–Kier alpha value is -1.64. The van der Waals surface area contributed by atoms with Crippen LogP contribution in [0.1, 0.15) is 54.1 Å². The Morgan fingerprint density at radius 2 is 2.18 bits per heavy atom. The van der Waals surface area contributed by atoms with Crippen LogP contribution in [0.3, 0.4) is 0 Å². The molecule has 0 bridgehead atoms. The number of aryl methyl sites for hydroxylation is 1. The average Bonchev–Trinajstić information content (AvgIpc) is 2.56. The summed E-state index contributed by atoms with van der Waals surface area (Å²) in [6, 6.07) is 6.04. The molecule has 1 aliphatic rings. The smallest absolute Gasteiger partial charge is 0.180 e. The molecule has 1 saturated carbocycles. The molecule has 0 aromatic carbocycles. The molecule has 0 aliphatic heterocycles. The maximum atomic E-state index is 11.6. The number of pyridine rings is 1. The van der Waals surface area contributed by atoms with Gasteiger partial charge in [0.05, 0.1) is 5.52 Å². The first-order valence-electron chi connectivity index (χ1n) is 6.17. The summed E-state index contributed by atoms with van der Waals surface area (Å²) in [7, 11) is 0. The number of fused-ring (bicyclic) bond motifs is 1. The van der Waals surface area contributed by atoms with Crippen LogP contribution >= 0.6 is 0 Å². The summed E-state index contributed by atoms with van der Waals surface area (Å²) in [5, 5.41) is 0. The Morgan fingerprint density at radius 3 is 2.76 bits per heavy atom. The lowest BCUT2D eigenvalue weighted by atomic mass is 9.85. The van der Waals surface area contributed by atoms with Crippen molar-refractivity contribution in [1.29, 1.82) is 0 Å². The van der Waals surface area contributed by atoms with Crippen molar-refractivity contribution in [1.82, 2.24) is 9.38 Å². The number of ketones is 1. The summed E-state index contributed by atoms with van der Waals surface area (Å²) in [6.07, 6.45) is 3.68. The molecule has 3 nitrogen and oxygen atoms in total. The molecule has 1 aliphatic carbocycles. The first-order valence-corrected chi connectivity index (χ1v) is 6.17. The molecule has 2 aromatic rings. The van der Waals surface area contributed by atoms with Gasteiger partial charge in [-0.15, -0.1) is 0 Å². The highest BCUT2D eigenvalue weighted by atomic mass is 16.1. The van der Waals surface area contributed by atoms with E-state index < -0.39 is 0 Å². The van der Waals surface area contributed by atoms with Gasteiger partial charge in [0, 0.05) is 18.5 Å². The van der Waals surface area contributed by atoms with Crippen molar-refractivity contribution in [3.63, 3.8) is 0 Å². The SMILES string of the molecule is CC(=O)c1nc(C2CCC2)n2c(C)cccc12. The van der Waals surface area contributed by atoms with E-state index in [9.17, 15) is 4.79 Å². The van der Waals surface area contributed by atoms with Crippen LogP contribution < -0.4 is 0 Å². The topological polar surface area (TPSA) is 34.4 Å². The predicted octanol–water partition coefficient (Wildman–Crippen LogP) is 3.11. The molecule has 3 rings (SSSR count). The van der Waals surface area contributed by atoms with Gasteiger partial charge in [0.1, 0.15) is 11.5 Å². The van der Waals surface area contributed by atoms with Crippen molar-refractivity contribution in [2.45, 2.75) is 39.0 Å². The zero-order valence-electron chi connectivity index (χ0n) is 10.2. The van der Waals surface area contributed by atoms with Gasteiger partial charge >= 0.3 is 0 Å². The Balaban J connectivity index is 2.30. The molecule has 2 heterocycles. The summed E-state index contributed by atoms with van der Waals surface area (Å²) in [6.45, 7) is 3.66. The summed E-state index contributed by atoms with van der Waals surface area (Å²) in [5.41, 5.74) is 2.74. The zero-order valence-corrected chi connectivity index (χ0v) is 10.2. The van der Waals surface area contributed by atoms with E-state index in [2.05, 4.69) is 22.4 Å². The minimum absolute atomic E-state index is 0.0543. The number of rotatable bonds is 2. The Morgan fingerprint density at radius 1 is 1.41 bits per heavy atom. The summed E-state index contributed by atoms with van der Waals surface area (Å²) >= 11 is 0. The van der Waals surface area contributed by atoms with Crippen molar-refractivity contribution in [3.8, 4) is 0 Å². The summed E-state index contributed by atoms with van der Waals surface area (Å²) in [5.74, 6) is 1.67. The van der Waals surface area contributed by atoms with Gasteiger partial charge in [-0.05, 0) is 31.9 Å². The number of carbonyl (C=O) groups excluding carboxylic acids is 1. The third-order valence-electron chi connectivity index (χ3n) is 3.69. The molecule has 17 heavy (non-hydrogen) atoms. The minimum atomic E-state index is 0.0543. The lowest BCUT2D eigenvalue weighted by Gasteiger charge is -2.24. The van der Waals surface area contributed by atoms with Crippen LogP contribution in [0.4, 0.5) is 0 Å². The fourth-order valence-electron chi connectivity index (χ4n) is 2.53. The van der Waals surface area contributed by atoms with Gasteiger partial charge in [0.25, 0.3) is 0 Å². The first-order chi connectivity index (χ1) is 8.18. The van der Waals surface area contributed by atoms with Crippen LogP contribution in [0.15, 0.2) is 18.2 Å². The van der Waals surface area contributed by atoms with E-state index in [4.69, 9.17) is 0 Å². The molecule has 0 N–H and O–H groups in total. The van der Waals surface area contributed by atoms with E-state index in [0.29, 0.717) is 11.6 Å². The molecule has 88 valence electrons. The van der Waals surface area contributed by atoms with Crippen LogP contribution in [0, 0.1) is 6.92 Å². The second-order valence-electron chi connectivity index (χ2n) is 4.89. The van der Waals surface area contributed by atoms with E-state index in [0.717, 1.165) is 17.0 Å². The summed E-state index contributed by atoms with van der Waals surface area (Å²) in [4.78, 5) is 16.2. The van der Waals surface area contributed by atoms with Gasteiger partial charge in [-0.2, -0.15) is 0 Å². The van der Waals surface area contributed by atoms with Crippen molar-refractivity contribution in [2.75, 3.05) is 0 Å². The predicted molar refractivity (Wildman–Crippen MR) is 66.5 cm³/mol. The fraction of sp³-hybridized carbons (Fsp3) is 0.429. The lowest BCUT2D eigenvalue weighted by Crippen LogP contribution is -2.13. The average molecular weight is 228 g/mol. The highest BCUT2D eigenvalue weighted by molar-refractivity contribution is 5.99. The zero-order chi connectivity index (χ0) is 12.0. The third kappa shape index (κ3) is 1.49. The minimum Gasteiger partial charge on any atom is -0.300 e. The molecule has 1 fully saturated rings. The van der Waals surface area contributed by atoms with Gasteiger partial charge in [-0.3, -0.25) is 4.79 Å². The van der Waals surface area contributed by atoms with E-state index in [1.54, 1.807) is 6.92 Å². The van der Waals surface area contributed by atoms with Gasteiger partial charge in [-0.25, -0.2) is 4.98 Å². The van der Waals surface area contributed by atoms with E-state index in [1.807, 2.05) is 12.1 Å². The monoisotopic (exact) mass is 228 g/mol. The Kier molecular flexibility index (Phi) is 2.28. The number of Topliss-reactive ketones (excluding diaryl/α,β-unsaturated/α-hetero) is 1.